The Balaban J connectivity index is 1.40. The Hall–Kier alpha value is -1.99. The van der Waals surface area contributed by atoms with Crippen LogP contribution in [0.25, 0.3) is 0 Å². The number of morpholine rings is 1. The van der Waals surface area contributed by atoms with Crippen molar-refractivity contribution in [2.75, 3.05) is 39.4 Å². The van der Waals surface area contributed by atoms with Crippen LogP contribution in [0.2, 0.25) is 0 Å². The van der Waals surface area contributed by atoms with Gasteiger partial charge in [0.1, 0.15) is 13.2 Å². The molecular formula is C21H33N3O4. The van der Waals surface area contributed by atoms with Gasteiger partial charge in [-0.1, -0.05) is 6.07 Å². The number of nitrogens with one attached hydrogen (secondary N) is 2. The lowest BCUT2D eigenvalue weighted by Gasteiger charge is -2.45. The van der Waals surface area contributed by atoms with E-state index in [1.54, 1.807) is 0 Å². The summed E-state index contributed by atoms with van der Waals surface area (Å²) in [5.74, 6) is 1.57. The summed E-state index contributed by atoms with van der Waals surface area (Å²) in [5.41, 5.74) is 0.987. The fourth-order valence-electron chi connectivity index (χ4n) is 3.71. The molecule has 0 aromatic heterocycles. The number of fused-ring (bicyclic) bond motifs is 1. The van der Waals surface area contributed by atoms with Gasteiger partial charge in [-0.3, -0.25) is 4.90 Å². The molecule has 7 nitrogen and oxygen atoms in total. The van der Waals surface area contributed by atoms with Crippen molar-refractivity contribution in [1.82, 2.24) is 15.5 Å². The third-order valence-corrected chi connectivity index (χ3v) is 5.26. The Morgan fingerprint density at radius 2 is 1.79 bits per heavy atom. The van der Waals surface area contributed by atoms with E-state index in [0.29, 0.717) is 26.3 Å². The van der Waals surface area contributed by atoms with Crippen molar-refractivity contribution in [3.05, 3.63) is 23.8 Å². The van der Waals surface area contributed by atoms with Gasteiger partial charge in [0, 0.05) is 31.7 Å². The van der Waals surface area contributed by atoms with Crippen molar-refractivity contribution in [2.45, 2.75) is 51.9 Å². The maximum absolute atomic E-state index is 12.2. The fraction of sp³-hybridized carbons (Fsp3) is 0.667. The van der Waals surface area contributed by atoms with E-state index < -0.39 is 0 Å². The number of urea groups is 1. The van der Waals surface area contributed by atoms with Gasteiger partial charge in [-0.25, -0.2) is 4.79 Å². The zero-order chi connectivity index (χ0) is 20.1. The molecule has 2 atom stereocenters. The van der Waals surface area contributed by atoms with Crippen molar-refractivity contribution in [3.8, 4) is 11.5 Å². The van der Waals surface area contributed by atoms with Crippen molar-refractivity contribution < 1.29 is 19.0 Å². The molecule has 3 rings (SSSR count). The highest BCUT2D eigenvalue weighted by Crippen LogP contribution is 2.30. The average Bonchev–Trinajstić information content (AvgIpc) is 2.65. The Labute approximate surface area is 167 Å². The second-order valence-electron chi connectivity index (χ2n) is 8.31. The predicted molar refractivity (Wildman–Crippen MR) is 108 cm³/mol. The first-order chi connectivity index (χ1) is 13.3. The van der Waals surface area contributed by atoms with Crippen LogP contribution in [0.5, 0.6) is 11.5 Å². The van der Waals surface area contributed by atoms with E-state index in [-0.39, 0.29) is 23.8 Å². The first-order valence-corrected chi connectivity index (χ1v) is 10.1. The molecule has 7 heteroatoms. The Kier molecular flexibility index (Phi) is 6.67. The summed E-state index contributed by atoms with van der Waals surface area (Å²) in [6, 6.07) is 5.78. The van der Waals surface area contributed by atoms with Crippen LogP contribution in [-0.2, 0) is 11.2 Å². The molecule has 1 fully saturated rings. The van der Waals surface area contributed by atoms with Crippen LogP contribution in [0, 0.1) is 0 Å². The molecule has 1 aromatic carbocycles. The van der Waals surface area contributed by atoms with Gasteiger partial charge in [0.2, 0.25) is 0 Å². The predicted octanol–water partition coefficient (Wildman–Crippen LogP) is 2.19. The van der Waals surface area contributed by atoms with Crippen molar-refractivity contribution >= 4 is 6.03 Å². The van der Waals surface area contributed by atoms with Gasteiger partial charge < -0.3 is 24.8 Å². The molecule has 0 unspecified atom stereocenters. The minimum atomic E-state index is -0.139. The number of rotatable bonds is 6. The number of carbonyl (C=O) groups excluding carboxylic acids is 1. The highest BCUT2D eigenvalue weighted by molar-refractivity contribution is 5.73. The number of amides is 2. The van der Waals surface area contributed by atoms with Crippen molar-refractivity contribution in [3.63, 3.8) is 0 Å². The van der Waals surface area contributed by atoms with Gasteiger partial charge in [-0.05, 0) is 51.8 Å². The van der Waals surface area contributed by atoms with E-state index in [9.17, 15) is 4.79 Å². The summed E-state index contributed by atoms with van der Waals surface area (Å²) in [4.78, 5) is 14.6. The minimum absolute atomic E-state index is 0.126. The molecule has 2 aliphatic rings. The number of carbonyl (C=O) groups is 1. The second kappa shape index (κ2) is 9.01. The van der Waals surface area contributed by atoms with Gasteiger partial charge >= 0.3 is 6.03 Å². The van der Waals surface area contributed by atoms with Gasteiger partial charge in [-0.2, -0.15) is 0 Å². The second-order valence-corrected chi connectivity index (χ2v) is 8.31. The first kappa shape index (κ1) is 20.7. The first-order valence-electron chi connectivity index (χ1n) is 10.1. The largest absolute Gasteiger partial charge is 0.486 e. The van der Waals surface area contributed by atoms with E-state index in [1.807, 2.05) is 18.2 Å². The van der Waals surface area contributed by atoms with Crippen LogP contribution in [0.3, 0.4) is 0 Å². The lowest BCUT2D eigenvalue weighted by Crippen LogP contribution is -2.59. The lowest BCUT2D eigenvalue weighted by molar-refractivity contribution is -0.0947. The number of ether oxygens (including phenoxy) is 3. The summed E-state index contributed by atoms with van der Waals surface area (Å²) >= 11 is 0. The Morgan fingerprint density at radius 3 is 2.50 bits per heavy atom. The zero-order valence-corrected chi connectivity index (χ0v) is 17.4. The third kappa shape index (κ3) is 5.52. The van der Waals surface area contributed by atoms with Crippen LogP contribution in [-0.4, -0.2) is 68.1 Å². The van der Waals surface area contributed by atoms with Crippen LogP contribution in [0.4, 0.5) is 4.79 Å². The van der Waals surface area contributed by atoms with Crippen molar-refractivity contribution in [1.29, 1.82) is 0 Å². The Morgan fingerprint density at radius 1 is 1.11 bits per heavy atom. The van der Waals surface area contributed by atoms with Gasteiger partial charge in [0.05, 0.1) is 12.2 Å². The van der Waals surface area contributed by atoms with Gasteiger partial charge in [0.25, 0.3) is 0 Å². The summed E-state index contributed by atoms with van der Waals surface area (Å²) in [6.07, 6.45) is 1.16. The molecule has 0 spiro atoms. The van der Waals surface area contributed by atoms with Crippen LogP contribution >= 0.6 is 0 Å². The molecule has 0 aliphatic carbocycles. The third-order valence-electron chi connectivity index (χ3n) is 5.26. The van der Waals surface area contributed by atoms with Crippen molar-refractivity contribution in [2.24, 2.45) is 0 Å². The highest BCUT2D eigenvalue weighted by atomic mass is 16.6. The fourth-order valence-corrected chi connectivity index (χ4v) is 3.71. The minimum Gasteiger partial charge on any atom is -0.486 e. The SMILES string of the molecule is C[C@@H]1CN(C(C)(C)CNC(=O)NCCc2ccc3c(c2)OCCO3)C[C@H](C)O1. The maximum Gasteiger partial charge on any atom is 0.314 e. The topological polar surface area (TPSA) is 72.1 Å². The summed E-state index contributed by atoms with van der Waals surface area (Å²) in [6.45, 7) is 12.6. The highest BCUT2D eigenvalue weighted by Gasteiger charge is 2.33. The van der Waals surface area contributed by atoms with E-state index in [2.05, 4.69) is 43.2 Å². The molecule has 2 amide bonds. The lowest BCUT2D eigenvalue weighted by atomic mass is 10.00. The standard InChI is InChI=1S/C21H33N3O4/c1-15-12-24(13-16(2)28-15)21(3,4)14-23-20(25)22-8-7-17-5-6-18-19(11-17)27-10-9-26-18/h5-6,11,15-16H,7-10,12-14H2,1-4H3,(H2,22,23,25)/t15-,16+. The quantitative estimate of drug-likeness (QED) is 0.778. The molecule has 1 aromatic rings. The Bertz CT molecular complexity index is 670. The molecule has 2 N–H and O–H groups in total. The smallest absolute Gasteiger partial charge is 0.314 e. The number of nitrogens with zero attached hydrogens (tertiary/aromatic N) is 1. The summed E-state index contributed by atoms with van der Waals surface area (Å²) in [7, 11) is 0. The van der Waals surface area contributed by atoms with Crippen LogP contribution in [0.1, 0.15) is 33.3 Å². The molecular weight excluding hydrogens is 358 g/mol. The monoisotopic (exact) mass is 391 g/mol. The number of benzene rings is 1. The summed E-state index contributed by atoms with van der Waals surface area (Å²) < 4.78 is 16.9. The summed E-state index contributed by atoms with van der Waals surface area (Å²) in [5, 5.41) is 5.95. The zero-order valence-electron chi connectivity index (χ0n) is 17.4. The van der Waals surface area contributed by atoms with Gasteiger partial charge in [0.15, 0.2) is 11.5 Å². The van der Waals surface area contributed by atoms with Crippen LogP contribution < -0.4 is 20.1 Å². The molecule has 0 radical (unpaired) electrons. The molecule has 0 bridgehead atoms. The maximum atomic E-state index is 12.2. The van der Waals surface area contributed by atoms with Gasteiger partial charge in [-0.15, -0.1) is 0 Å². The molecule has 2 aliphatic heterocycles. The van der Waals surface area contributed by atoms with E-state index in [4.69, 9.17) is 14.2 Å². The average molecular weight is 392 g/mol. The molecule has 1 saturated heterocycles. The molecule has 0 saturated carbocycles. The number of hydrogen-bond acceptors (Lipinski definition) is 5. The molecule has 156 valence electrons. The molecule has 2 heterocycles. The molecule has 28 heavy (non-hydrogen) atoms. The normalized spacial score (nSPS) is 22.6. The van der Waals surface area contributed by atoms with Crippen LogP contribution in [0.15, 0.2) is 18.2 Å². The number of hydrogen-bond donors (Lipinski definition) is 2. The van der Waals surface area contributed by atoms with E-state index in [0.717, 1.165) is 36.6 Å². The van der Waals surface area contributed by atoms with E-state index >= 15 is 0 Å². The van der Waals surface area contributed by atoms with E-state index in [1.165, 1.54) is 0 Å².